The van der Waals surface area contributed by atoms with E-state index in [0.717, 1.165) is 16.5 Å². The van der Waals surface area contributed by atoms with Gasteiger partial charge in [0.05, 0.1) is 13.0 Å². The van der Waals surface area contributed by atoms with Gasteiger partial charge in [-0.15, -0.1) is 0 Å². The average Bonchev–Trinajstić information content (AvgIpc) is 3.30. The molecule has 0 unspecified atom stereocenters. The van der Waals surface area contributed by atoms with Crippen LogP contribution in [0.2, 0.25) is 0 Å². The third-order valence-corrected chi connectivity index (χ3v) is 6.17. The molecule has 0 fully saturated rings. The van der Waals surface area contributed by atoms with Crippen molar-refractivity contribution in [3.8, 4) is 16.9 Å². The fourth-order valence-corrected chi connectivity index (χ4v) is 4.36. The van der Waals surface area contributed by atoms with Gasteiger partial charge in [-0.25, -0.2) is 4.39 Å². The molecule has 6 nitrogen and oxygen atoms in total. The van der Waals surface area contributed by atoms with Crippen molar-refractivity contribution in [2.45, 2.75) is 46.4 Å². The lowest BCUT2D eigenvalue weighted by Gasteiger charge is -2.14. The zero-order chi connectivity index (χ0) is 26.4. The highest BCUT2D eigenvalue weighted by atomic mass is 19.1. The second-order valence-electron chi connectivity index (χ2n) is 8.76. The number of carbonyl (C=O) groups excluding carboxylic acids is 1. The van der Waals surface area contributed by atoms with Crippen LogP contribution in [0.1, 0.15) is 41.9 Å². The summed E-state index contributed by atoms with van der Waals surface area (Å²) in [6.07, 6.45) is 0.675. The van der Waals surface area contributed by atoms with Gasteiger partial charge in [0.25, 0.3) is 0 Å². The number of furan rings is 1. The van der Waals surface area contributed by atoms with Crippen LogP contribution in [0.15, 0.2) is 59.0 Å². The van der Waals surface area contributed by atoms with Crippen LogP contribution < -0.4 is 10.5 Å². The van der Waals surface area contributed by atoms with Gasteiger partial charge in [0, 0.05) is 35.7 Å². The molecule has 7 heteroatoms. The summed E-state index contributed by atoms with van der Waals surface area (Å²) in [5, 5.41) is 0.826. The summed E-state index contributed by atoms with van der Waals surface area (Å²) in [4.78, 5) is 12.1. The van der Waals surface area contributed by atoms with Gasteiger partial charge < -0.3 is 24.4 Å². The first kappa shape index (κ1) is 26.4. The number of benzene rings is 3. The highest BCUT2D eigenvalue weighted by molar-refractivity contribution is 5.94. The van der Waals surface area contributed by atoms with E-state index in [0.29, 0.717) is 65.5 Å². The maximum absolute atomic E-state index is 15.4. The standard InChI is InChI=1S/C30H32FNO5/c1-4-21-7-6-8-25(29(21)31)26-12-20(11-23-14-24(18-34-3)37-30(23)26)17-36-27-13-19(16-32)9-10-22(27)15-28(33)35-5-2/h6-14H,4-5,15-18,32H2,1-3H3. The molecule has 1 aromatic heterocycles. The molecule has 1 heterocycles. The van der Waals surface area contributed by atoms with Crippen molar-refractivity contribution in [3.05, 3.63) is 88.4 Å². The van der Waals surface area contributed by atoms with Gasteiger partial charge in [0.2, 0.25) is 0 Å². The number of esters is 1. The number of hydrogen-bond acceptors (Lipinski definition) is 6. The molecule has 2 N–H and O–H groups in total. The first-order valence-electron chi connectivity index (χ1n) is 12.4. The van der Waals surface area contributed by atoms with E-state index in [2.05, 4.69) is 0 Å². The molecule has 194 valence electrons. The van der Waals surface area contributed by atoms with E-state index < -0.39 is 0 Å². The van der Waals surface area contributed by atoms with Crippen molar-refractivity contribution in [1.82, 2.24) is 0 Å². The third-order valence-electron chi connectivity index (χ3n) is 6.17. The molecule has 0 atom stereocenters. The van der Waals surface area contributed by atoms with E-state index in [1.165, 1.54) is 0 Å². The van der Waals surface area contributed by atoms with Crippen LogP contribution >= 0.6 is 0 Å². The van der Waals surface area contributed by atoms with Gasteiger partial charge in [-0.2, -0.15) is 0 Å². The number of carbonyl (C=O) groups is 1. The van der Waals surface area contributed by atoms with Gasteiger partial charge in [0.1, 0.15) is 36.1 Å². The van der Waals surface area contributed by atoms with E-state index in [9.17, 15) is 4.79 Å². The lowest BCUT2D eigenvalue weighted by molar-refractivity contribution is -0.142. The Labute approximate surface area is 216 Å². The summed E-state index contributed by atoms with van der Waals surface area (Å²) in [5.74, 6) is 0.619. The lowest BCUT2D eigenvalue weighted by Crippen LogP contribution is -2.10. The molecule has 4 rings (SSSR count). The van der Waals surface area contributed by atoms with Gasteiger partial charge in [-0.1, -0.05) is 37.3 Å². The van der Waals surface area contributed by atoms with E-state index in [1.807, 2.05) is 49.4 Å². The van der Waals surface area contributed by atoms with Crippen molar-refractivity contribution < 1.29 is 27.8 Å². The van der Waals surface area contributed by atoms with Crippen molar-refractivity contribution >= 4 is 16.9 Å². The molecule has 37 heavy (non-hydrogen) atoms. The molecule has 0 aliphatic rings. The molecule has 0 aliphatic heterocycles. The molecule has 0 radical (unpaired) electrons. The highest BCUT2D eigenvalue weighted by Gasteiger charge is 2.18. The molecule has 0 aliphatic carbocycles. The van der Waals surface area contributed by atoms with Gasteiger partial charge in [-0.3, -0.25) is 4.79 Å². The van der Waals surface area contributed by atoms with Crippen LogP contribution in [0.3, 0.4) is 0 Å². The normalized spacial score (nSPS) is 11.2. The van der Waals surface area contributed by atoms with Crippen LogP contribution in [0.4, 0.5) is 4.39 Å². The fourth-order valence-electron chi connectivity index (χ4n) is 4.36. The zero-order valence-corrected chi connectivity index (χ0v) is 21.4. The summed E-state index contributed by atoms with van der Waals surface area (Å²) in [7, 11) is 1.60. The number of hydrogen-bond donors (Lipinski definition) is 1. The number of nitrogens with two attached hydrogens (primary N) is 1. The second-order valence-corrected chi connectivity index (χ2v) is 8.76. The molecular formula is C30H32FNO5. The predicted octanol–water partition coefficient (Wildman–Crippen LogP) is 6.09. The van der Waals surface area contributed by atoms with E-state index in [4.69, 9.17) is 24.4 Å². The van der Waals surface area contributed by atoms with Crippen molar-refractivity contribution in [3.63, 3.8) is 0 Å². The van der Waals surface area contributed by atoms with Crippen molar-refractivity contribution in [2.75, 3.05) is 13.7 Å². The minimum absolute atomic E-state index is 0.0927. The van der Waals surface area contributed by atoms with Crippen molar-refractivity contribution in [1.29, 1.82) is 0 Å². The molecular weight excluding hydrogens is 473 g/mol. The number of methoxy groups -OCH3 is 1. The Kier molecular flexibility index (Phi) is 8.58. The summed E-state index contributed by atoms with van der Waals surface area (Å²) in [6, 6.07) is 16.7. The van der Waals surface area contributed by atoms with Gasteiger partial charge >= 0.3 is 5.97 Å². The fraction of sp³-hybridized carbons (Fsp3) is 0.300. The Morgan fingerprint density at radius 3 is 2.54 bits per heavy atom. The molecule has 0 saturated carbocycles. The van der Waals surface area contributed by atoms with Crippen LogP contribution in [-0.4, -0.2) is 19.7 Å². The lowest BCUT2D eigenvalue weighted by atomic mass is 9.97. The Morgan fingerprint density at radius 1 is 0.973 bits per heavy atom. The largest absolute Gasteiger partial charge is 0.489 e. The maximum atomic E-state index is 15.4. The van der Waals surface area contributed by atoms with Crippen LogP contribution in [-0.2, 0) is 46.9 Å². The Bertz CT molecular complexity index is 1390. The van der Waals surface area contributed by atoms with Gasteiger partial charge in [0.15, 0.2) is 0 Å². The van der Waals surface area contributed by atoms with Crippen LogP contribution in [0.25, 0.3) is 22.1 Å². The number of aryl methyl sites for hydroxylation is 1. The van der Waals surface area contributed by atoms with Gasteiger partial charge in [-0.05, 0) is 54.3 Å². The summed E-state index contributed by atoms with van der Waals surface area (Å²) >= 11 is 0. The molecule has 0 amide bonds. The Hall–Kier alpha value is -3.68. The van der Waals surface area contributed by atoms with Crippen LogP contribution in [0.5, 0.6) is 5.75 Å². The minimum atomic E-state index is -0.327. The molecule has 0 saturated heterocycles. The topological polar surface area (TPSA) is 83.9 Å². The number of ether oxygens (including phenoxy) is 3. The summed E-state index contributed by atoms with van der Waals surface area (Å²) in [5.41, 5.74) is 10.6. The Balaban J connectivity index is 1.73. The first-order chi connectivity index (χ1) is 18.0. The highest BCUT2D eigenvalue weighted by Crippen LogP contribution is 2.35. The minimum Gasteiger partial charge on any atom is -0.489 e. The summed E-state index contributed by atoms with van der Waals surface area (Å²) in [6.45, 7) is 4.86. The van der Waals surface area contributed by atoms with Crippen molar-refractivity contribution in [2.24, 2.45) is 5.73 Å². The SMILES string of the molecule is CCOC(=O)Cc1ccc(CN)cc1OCc1cc(-c2cccc(CC)c2F)c2oc(COC)cc2c1. The summed E-state index contributed by atoms with van der Waals surface area (Å²) < 4.78 is 38.0. The third kappa shape index (κ3) is 6.01. The average molecular weight is 506 g/mol. The number of fused-ring (bicyclic) bond motifs is 1. The first-order valence-corrected chi connectivity index (χ1v) is 12.4. The molecule has 4 aromatic rings. The number of rotatable bonds is 11. The van der Waals surface area contributed by atoms with Crippen LogP contribution in [0, 0.1) is 5.82 Å². The Morgan fingerprint density at radius 2 is 1.81 bits per heavy atom. The molecule has 0 bridgehead atoms. The van der Waals surface area contributed by atoms with E-state index >= 15 is 4.39 Å². The van der Waals surface area contributed by atoms with E-state index in [-0.39, 0.29) is 24.8 Å². The smallest absolute Gasteiger partial charge is 0.310 e. The second kappa shape index (κ2) is 12.0. The molecule has 0 spiro atoms. The maximum Gasteiger partial charge on any atom is 0.310 e. The molecule has 3 aromatic carbocycles. The predicted molar refractivity (Wildman–Crippen MR) is 141 cm³/mol. The van der Waals surface area contributed by atoms with E-state index in [1.54, 1.807) is 26.2 Å². The quantitative estimate of drug-likeness (QED) is 0.248. The zero-order valence-electron chi connectivity index (χ0n) is 21.4. The number of halogens is 1. The monoisotopic (exact) mass is 505 g/mol.